The predicted molar refractivity (Wildman–Crippen MR) is 82.7 cm³/mol. The molecule has 1 aromatic carbocycles. The zero-order valence-corrected chi connectivity index (χ0v) is 13.6. The maximum atomic E-state index is 12.3. The van der Waals surface area contributed by atoms with Gasteiger partial charge < -0.3 is 5.32 Å². The van der Waals surface area contributed by atoms with Crippen molar-refractivity contribution >= 4 is 39.1 Å². The summed E-state index contributed by atoms with van der Waals surface area (Å²) in [5.74, 6) is -0.460. The number of nitrogens with one attached hydrogen (secondary N) is 1. The molecule has 1 rings (SSSR count). The number of nitro benzene ring substituents is 1. The summed E-state index contributed by atoms with van der Waals surface area (Å²) in [6.07, 6.45) is 1.46. The van der Waals surface area contributed by atoms with Gasteiger partial charge in [-0.25, -0.2) is 0 Å². The zero-order valence-electron chi connectivity index (χ0n) is 11.3. The topological polar surface area (TPSA) is 72.2 Å². The summed E-state index contributed by atoms with van der Waals surface area (Å²) in [6.45, 7) is 3.87. The molecule has 0 radical (unpaired) electrons. The fourth-order valence-corrected chi connectivity index (χ4v) is 2.77. The molecule has 0 heterocycles. The Balaban J connectivity index is 3.06. The van der Waals surface area contributed by atoms with Gasteiger partial charge in [0.05, 0.1) is 4.92 Å². The number of halogens is 2. The summed E-state index contributed by atoms with van der Waals surface area (Å²) in [5, 5.41) is 14.8. The average Bonchev–Trinajstić information content (AvgIpc) is 2.38. The van der Waals surface area contributed by atoms with Gasteiger partial charge in [-0.1, -0.05) is 34.5 Å². The predicted octanol–water partition coefficient (Wildman–Crippen LogP) is 3.93. The second-order valence-corrected chi connectivity index (χ2v) is 5.96. The molecule has 0 saturated carbocycles. The summed E-state index contributed by atoms with van der Waals surface area (Å²) in [7, 11) is 0. The van der Waals surface area contributed by atoms with E-state index < -0.39 is 16.4 Å². The Morgan fingerprint density at radius 2 is 2.20 bits per heavy atom. The minimum absolute atomic E-state index is 0.0219. The van der Waals surface area contributed by atoms with E-state index in [1.807, 2.05) is 13.8 Å². The van der Waals surface area contributed by atoms with Crippen LogP contribution in [0.3, 0.4) is 0 Å². The Hall–Kier alpha value is -1.14. The number of benzene rings is 1. The van der Waals surface area contributed by atoms with Crippen LogP contribution >= 0.6 is 27.5 Å². The number of alkyl halides is 1. The number of hydrogen-bond acceptors (Lipinski definition) is 3. The quantitative estimate of drug-likeness (QED) is 0.473. The Bertz CT molecular complexity index is 524. The molecule has 0 aromatic heterocycles. The van der Waals surface area contributed by atoms with Gasteiger partial charge in [0.15, 0.2) is 0 Å². The van der Waals surface area contributed by atoms with Gasteiger partial charge in [0.1, 0.15) is 5.56 Å². The van der Waals surface area contributed by atoms with E-state index in [4.69, 9.17) is 11.6 Å². The van der Waals surface area contributed by atoms with E-state index in [1.165, 1.54) is 18.2 Å². The van der Waals surface area contributed by atoms with Crippen molar-refractivity contribution in [3.05, 3.63) is 38.9 Å². The van der Waals surface area contributed by atoms with Crippen molar-refractivity contribution in [2.75, 3.05) is 5.33 Å². The highest BCUT2D eigenvalue weighted by molar-refractivity contribution is 9.09. The van der Waals surface area contributed by atoms with Crippen molar-refractivity contribution in [3.63, 3.8) is 0 Å². The Kier molecular flexibility index (Phi) is 5.95. The van der Waals surface area contributed by atoms with Gasteiger partial charge in [-0.15, -0.1) is 0 Å². The van der Waals surface area contributed by atoms with Crippen molar-refractivity contribution in [2.45, 2.75) is 32.2 Å². The van der Waals surface area contributed by atoms with Gasteiger partial charge in [0.2, 0.25) is 0 Å². The van der Waals surface area contributed by atoms with Crippen LogP contribution in [0.1, 0.15) is 37.0 Å². The first-order valence-corrected chi connectivity index (χ1v) is 7.65. The molecule has 0 saturated heterocycles. The molecular formula is C13H16BrClN2O3. The lowest BCUT2D eigenvalue weighted by molar-refractivity contribution is -0.385. The number of carbonyl (C=O) groups is 1. The molecule has 0 aliphatic heterocycles. The van der Waals surface area contributed by atoms with E-state index in [2.05, 4.69) is 21.2 Å². The van der Waals surface area contributed by atoms with Crippen LogP contribution in [0.2, 0.25) is 5.02 Å². The van der Waals surface area contributed by atoms with Gasteiger partial charge in [0, 0.05) is 22.0 Å². The summed E-state index contributed by atoms with van der Waals surface area (Å²) < 4.78 is 0. The smallest absolute Gasteiger partial charge is 0.283 e. The number of rotatable bonds is 6. The number of amides is 1. The third-order valence-corrected chi connectivity index (χ3v) is 3.87. The van der Waals surface area contributed by atoms with Gasteiger partial charge >= 0.3 is 0 Å². The lowest BCUT2D eigenvalue weighted by Gasteiger charge is -2.29. The molecular weight excluding hydrogens is 348 g/mol. The van der Waals surface area contributed by atoms with Crippen molar-refractivity contribution in [2.24, 2.45) is 0 Å². The second kappa shape index (κ2) is 7.04. The molecule has 0 bridgehead atoms. The van der Waals surface area contributed by atoms with Crippen LogP contribution < -0.4 is 5.32 Å². The average molecular weight is 364 g/mol. The summed E-state index contributed by atoms with van der Waals surface area (Å²) >= 11 is 9.08. The summed E-state index contributed by atoms with van der Waals surface area (Å²) in [4.78, 5) is 22.7. The molecule has 5 nitrogen and oxygen atoms in total. The van der Waals surface area contributed by atoms with E-state index in [0.29, 0.717) is 0 Å². The maximum Gasteiger partial charge on any atom is 0.283 e. The first kappa shape index (κ1) is 16.9. The standard InChI is InChI=1S/C13H16BrClN2O3/c1-3-13(2,6-7-14)16-12(18)10-5-4-9(15)8-11(10)17(19)20/h4-5,8H,3,6-7H2,1-2H3,(H,16,18). The SMILES string of the molecule is CCC(C)(CCBr)NC(=O)c1ccc(Cl)cc1[N+](=O)[O-]. The van der Waals surface area contributed by atoms with Crippen molar-refractivity contribution in [3.8, 4) is 0 Å². The van der Waals surface area contributed by atoms with Gasteiger partial charge in [-0.05, 0) is 31.9 Å². The Morgan fingerprint density at radius 3 is 2.70 bits per heavy atom. The van der Waals surface area contributed by atoms with E-state index in [1.54, 1.807) is 0 Å². The number of nitro groups is 1. The van der Waals surface area contributed by atoms with Crippen LogP contribution in [0, 0.1) is 10.1 Å². The molecule has 20 heavy (non-hydrogen) atoms. The fourth-order valence-electron chi connectivity index (χ4n) is 1.73. The first-order valence-electron chi connectivity index (χ1n) is 6.15. The molecule has 7 heteroatoms. The van der Waals surface area contributed by atoms with Gasteiger partial charge in [-0.3, -0.25) is 14.9 Å². The monoisotopic (exact) mass is 362 g/mol. The first-order chi connectivity index (χ1) is 9.33. The minimum atomic E-state index is -0.603. The van der Waals surface area contributed by atoms with Crippen LogP contribution in [0.15, 0.2) is 18.2 Å². The molecule has 0 aliphatic carbocycles. The Labute approximate surface area is 131 Å². The number of carbonyl (C=O) groups excluding carboxylic acids is 1. The zero-order chi connectivity index (χ0) is 15.3. The highest BCUT2D eigenvalue weighted by Gasteiger charge is 2.27. The molecule has 0 aliphatic rings. The van der Waals surface area contributed by atoms with Gasteiger partial charge in [-0.2, -0.15) is 0 Å². The van der Waals surface area contributed by atoms with Gasteiger partial charge in [0.25, 0.3) is 11.6 Å². The molecule has 0 fully saturated rings. The number of hydrogen-bond donors (Lipinski definition) is 1. The van der Waals surface area contributed by atoms with Crippen LogP contribution in [-0.2, 0) is 0 Å². The van der Waals surface area contributed by atoms with Crippen molar-refractivity contribution in [1.29, 1.82) is 0 Å². The Morgan fingerprint density at radius 1 is 1.55 bits per heavy atom. The lowest BCUT2D eigenvalue weighted by Crippen LogP contribution is -2.46. The normalized spacial score (nSPS) is 13.6. The maximum absolute atomic E-state index is 12.3. The molecule has 1 atom stereocenters. The lowest BCUT2D eigenvalue weighted by atomic mass is 9.95. The van der Waals surface area contributed by atoms with Crippen LogP contribution in [0.25, 0.3) is 0 Å². The van der Waals surface area contributed by atoms with E-state index in [9.17, 15) is 14.9 Å². The van der Waals surface area contributed by atoms with Crippen LogP contribution in [-0.4, -0.2) is 21.7 Å². The molecule has 1 N–H and O–H groups in total. The molecule has 0 spiro atoms. The largest absolute Gasteiger partial charge is 0.347 e. The molecule has 110 valence electrons. The van der Waals surface area contributed by atoms with Crippen molar-refractivity contribution < 1.29 is 9.72 Å². The second-order valence-electron chi connectivity index (χ2n) is 4.73. The highest BCUT2D eigenvalue weighted by Crippen LogP contribution is 2.24. The molecule has 1 aromatic rings. The van der Waals surface area contributed by atoms with E-state index in [0.717, 1.165) is 18.2 Å². The number of nitrogens with zero attached hydrogens (tertiary/aromatic N) is 1. The molecule has 1 amide bonds. The summed E-state index contributed by atoms with van der Waals surface area (Å²) in [6, 6.07) is 4.03. The minimum Gasteiger partial charge on any atom is -0.347 e. The third-order valence-electron chi connectivity index (χ3n) is 3.24. The van der Waals surface area contributed by atoms with E-state index >= 15 is 0 Å². The van der Waals surface area contributed by atoms with Crippen LogP contribution in [0.4, 0.5) is 5.69 Å². The van der Waals surface area contributed by atoms with Crippen LogP contribution in [0.5, 0.6) is 0 Å². The fraction of sp³-hybridized carbons (Fsp3) is 0.462. The summed E-state index contributed by atoms with van der Waals surface area (Å²) in [5.41, 5.74) is -0.672. The molecule has 1 unspecified atom stereocenters. The highest BCUT2D eigenvalue weighted by atomic mass is 79.9. The van der Waals surface area contributed by atoms with Crippen molar-refractivity contribution in [1.82, 2.24) is 5.32 Å². The van der Waals surface area contributed by atoms with E-state index in [-0.39, 0.29) is 16.3 Å². The third kappa shape index (κ3) is 4.18.